The molecule has 0 heterocycles. The van der Waals surface area contributed by atoms with E-state index in [-0.39, 0.29) is 22.0 Å². The molecular formula is C17H28O. The third-order valence-corrected chi connectivity index (χ3v) is 3.82. The van der Waals surface area contributed by atoms with E-state index in [1.165, 1.54) is 0 Å². The summed E-state index contributed by atoms with van der Waals surface area (Å²) in [5.74, 6) is 0.237. The molecule has 1 nitrogen and oxygen atoms in total. The summed E-state index contributed by atoms with van der Waals surface area (Å²) in [6, 6.07) is 0. The number of carbonyl (C=O) groups is 1. The van der Waals surface area contributed by atoms with Crippen LogP contribution in [0.25, 0.3) is 0 Å². The highest BCUT2D eigenvalue weighted by Crippen LogP contribution is 2.44. The van der Waals surface area contributed by atoms with E-state index in [4.69, 9.17) is 0 Å². The Bertz CT molecular complexity index is 374. The number of rotatable bonds is 1. The molecule has 0 aliphatic heterocycles. The van der Waals surface area contributed by atoms with Crippen LogP contribution < -0.4 is 0 Å². The van der Waals surface area contributed by atoms with E-state index in [1.54, 1.807) is 0 Å². The molecule has 0 N–H and O–H groups in total. The molecule has 102 valence electrons. The smallest absolute Gasteiger partial charge is 0.185 e. The quantitative estimate of drug-likeness (QED) is 0.643. The fraction of sp³-hybridized carbons (Fsp3) is 0.706. The van der Waals surface area contributed by atoms with Crippen LogP contribution in [-0.2, 0) is 4.79 Å². The fourth-order valence-electron chi connectivity index (χ4n) is 2.30. The molecule has 0 aromatic heterocycles. The van der Waals surface area contributed by atoms with Crippen LogP contribution >= 0.6 is 0 Å². The maximum atomic E-state index is 12.7. The lowest BCUT2D eigenvalue weighted by Gasteiger charge is -2.37. The Balaban J connectivity index is 3.40. The topological polar surface area (TPSA) is 17.1 Å². The van der Waals surface area contributed by atoms with Gasteiger partial charge < -0.3 is 0 Å². The molecular weight excluding hydrogens is 220 g/mol. The molecule has 18 heavy (non-hydrogen) atoms. The number of Topliss-reactive ketones (excluding diaryl/α,β-unsaturated/α-hetero) is 1. The molecule has 0 radical (unpaired) electrons. The van der Waals surface area contributed by atoms with E-state index in [2.05, 4.69) is 67.5 Å². The van der Waals surface area contributed by atoms with Crippen molar-refractivity contribution < 1.29 is 4.79 Å². The Hall–Kier alpha value is -0.850. The summed E-state index contributed by atoms with van der Waals surface area (Å²) < 4.78 is 0. The number of ketones is 1. The van der Waals surface area contributed by atoms with E-state index >= 15 is 0 Å². The van der Waals surface area contributed by atoms with Crippen LogP contribution in [0.5, 0.6) is 0 Å². The van der Waals surface area contributed by atoms with Gasteiger partial charge in [0.1, 0.15) is 0 Å². The first-order valence-corrected chi connectivity index (χ1v) is 6.92. The largest absolute Gasteiger partial charge is 0.289 e. The Morgan fingerprint density at radius 3 is 1.50 bits per heavy atom. The van der Waals surface area contributed by atoms with Crippen molar-refractivity contribution in [2.45, 2.75) is 61.8 Å². The first-order valence-electron chi connectivity index (χ1n) is 6.92. The van der Waals surface area contributed by atoms with Gasteiger partial charge in [-0.1, -0.05) is 67.5 Å². The van der Waals surface area contributed by atoms with Gasteiger partial charge in [0.25, 0.3) is 0 Å². The highest BCUT2D eigenvalue weighted by molar-refractivity contribution is 6.10. The van der Waals surface area contributed by atoms with E-state index in [9.17, 15) is 4.79 Å². The zero-order valence-corrected chi connectivity index (χ0v) is 13.3. The van der Waals surface area contributed by atoms with Crippen LogP contribution in [0.2, 0.25) is 0 Å². The molecule has 0 spiro atoms. The number of carbonyl (C=O) groups excluding carboxylic acids is 1. The molecule has 0 saturated heterocycles. The normalized spacial score (nSPS) is 20.6. The molecule has 1 aliphatic rings. The summed E-state index contributed by atoms with van der Waals surface area (Å²) >= 11 is 0. The van der Waals surface area contributed by atoms with Gasteiger partial charge in [-0.3, -0.25) is 4.79 Å². The molecule has 0 unspecified atom stereocenters. The van der Waals surface area contributed by atoms with E-state index in [0.717, 1.165) is 17.6 Å². The van der Waals surface area contributed by atoms with Crippen molar-refractivity contribution in [2.24, 2.45) is 16.2 Å². The van der Waals surface area contributed by atoms with Gasteiger partial charge in [0.05, 0.1) is 0 Å². The summed E-state index contributed by atoms with van der Waals surface area (Å²) in [5, 5.41) is 0. The average Bonchev–Trinajstić information content (AvgIpc) is 2.18. The van der Waals surface area contributed by atoms with Gasteiger partial charge in [-0.15, -0.1) is 0 Å². The third-order valence-electron chi connectivity index (χ3n) is 3.82. The van der Waals surface area contributed by atoms with Gasteiger partial charge >= 0.3 is 0 Å². The lowest BCUT2D eigenvalue weighted by molar-refractivity contribution is -0.114. The maximum Gasteiger partial charge on any atom is 0.185 e. The summed E-state index contributed by atoms with van der Waals surface area (Å²) in [6.45, 7) is 17.1. The molecule has 0 saturated carbocycles. The first-order chi connectivity index (χ1) is 7.91. The molecule has 1 rings (SSSR count). The Labute approximate surface area is 112 Å². The Kier molecular flexibility index (Phi) is 3.69. The highest BCUT2D eigenvalue weighted by atomic mass is 16.1. The minimum Gasteiger partial charge on any atom is -0.289 e. The fourth-order valence-corrected chi connectivity index (χ4v) is 2.30. The number of hydrogen-bond donors (Lipinski definition) is 0. The maximum absolute atomic E-state index is 12.7. The summed E-state index contributed by atoms with van der Waals surface area (Å²) in [6.07, 6.45) is 5.40. The average molecular weight is 248 g/mol. The van der Waals surface area contributed by atoms with Gasteiger partial charge in [0.2, 0.25) is 0 Å². The Morgan fingerprint density at radius 2 is 1.28 bits per heavy atom. The summed E-state index contributed by atoms with van der Waals surface area (Å²) in [5.41, 5.74) is 1.79. The van der Waals surface area contributed by atoms with Crippen molar-refractivity contribution in [1.29, 1.82) is 0 Å². The highest BCUT2D eigenvalue weighted by Gasteiger charge is 2.38. The standard InChI is InChI=1S/C17H28O/c1-9-17(8)10-12(15(2,3)4)14(18)13(11-17)16(5,6)7/h10-11H,9H2,1-8H3. The van der Waals surface area contributed by atoms with Crippen molar-refractivity contribution in [2.75, 3.05) is 0 Å². The molecule has 0 amide bonds. The van der Waals surface area contributed by atoms with Crippen LogP contribution in [0.4, 0.5) is 0 Å². The van der Waals surface area contributed by atoms with Crippen molar-refractivity contribution in [3.63, 3.8) is 0 Å². The monoisotopic (exact) mass is 248 g/mol. The second-order valence-corrected chi connectivity index (χ2v) is 7.80. The van der Waals surface area contributed by atoms with Gasteiger partial charge in [-0.25, -0.2) is 0 Å². The molecule has 0 aromatic rings. The van der Waals surface area contributed by atoms with Crippen LogP contribution in [0.3, 0.4) is 0 Å². The van der Waals surface area contributed by atoms with Crippen molar-refractivity contribution >= 4 is 5.78 Å². The lowest BCUT2D eigenvalue weighted by atomic mass is 9.66. The van der Waals surface area contributed by atoms with Crippen LogP contribution in [0.15, 0.2) is 23.3 Å². The summed E-state index contributed by atoms with van der Waals surface area (Å²) in [7, 11) is 0. The predicted molar refractivity (Wildman–Crippen MR) is 78.5 cm³/mol. The molecule has 0 atom stereocenters. The first kappa shape index (κ1) is 15.2. The number of allylic oxidation sites excluding steroid dienone is 4. The van der Waals surface area contributed by atoms with Gasteiger partial charge in [-0.2, -0.15) is 0 Å². The van der Waals surface area contributed by atoms with Crippen molar-refractivity contribution in [3.05, 3.63) is 23.3 Å². The van der Waals surface area contributed by atoms with Crippen LogP contribution in [0.1, 0.15) is 61.8 Å². The molecule has 0 bridgehead atoms. The van der Waals surface area contributed by atoms with Crippen LogP contribution in [-0.4, -0.2) is 5.78 Å². The molecule has 0 fully saturated rings. The zero-order valence-electron chi connectivity index (χ0n) is 13.3. The molecule has 0 aromatic carbocycles. The van der Waals surface area contributed by atoms with E-state index in [0.29, 0.717) is 0 Å². The minimum absolute atomic E-state index is 0.0130. The predicted octanol–water partition coefficient (Wildman–Crippen LogP) is 4.93. The second kappa shape index (κ2) is 4.36. The molecule has 1 heteroatoms. The van der Waals surface area contributed by atoms with Gasteiger partial charge in [-0.05, 0) is 17.3 Å². The number of hydrogen-bond acceptors (Lipinski definition) is 1. The lowest BCUT2D eigenvalue weighted by Crippen LogP contribution is -2.32. The van der Waals surface area contributed by atoms with E-state index < -0.39 is 0 Å². The van der Waals surface area contributed by atoms with Gasteiger partial charge in [0.15, 0.2) is 5.78 Å². The van der Waals surface area contributed by atoms with E-state index in [1.807, 2.05) is 0 Å². The molecule has 1 aliphatic carbocycles. The van der Waals surface area contributed by atoms with Crippen molar-refractivity contribution in [3.8, 4) is 0 Å². The third kappa shape index (κ3) is 2.93. The minimum atomic E-state index is -0.0850. The van der Waals surface area contributed by atoms with Gasteiger partial charge in [0, 0.05) is 16.6 Å². The summed E-state index contributed by atoms with van der Waals surface area (Å²) in [4.78, 5) is 12.7. The SMILES string of the molecule is CCC1(C)C=C(C(C)(C)C)C(=O)C(C(C)(C)C)=C1. The second-order valence-electron chi connectivity index (χ2n) is 7.80. The zero-order chi connectivity index (χ0) is 14.4. The van der Waals surface area contributed by atoms with Crippen LogP contribution in [0, 0.1) is 16.2 Å². The Morgan fingerprint density at radius 1 is 0.944 bits per heavy atom. The van der Waals surface area contributed by atoms with Crippen molar-refractivity contribution in [1.82, 2.24) is 0 Å².